The predicted molar refractivity (Wildman–Crippen MR) is 61.2 cm³/mol. The Kier molecular flexibility index (Phi) is 3.83. The SMILES string of the molecule is O=[N+]([O-])c1cc(CN2CCNCC2)cc(F)c1F. The van der Waals surface area contributed by atoms with Gasteiger partial charge in [-0.1, -0.05) is 0 Å². The van der Waals surface area contributed by atoms with Crippen molar-refractivity contribution in [3.63, 3.8) is 0 Å². The Balaban J connectivity index is 2.20. The van der Waals surface area contributed by atoms with Crippen LogP contribution in [-0.4, -0.2) is 36.0 Å². The summed E-state index contributed by atoms with van der Waals surface area (Å²) in [6.07, 6.45) is 0. The molecule has 98 valence electrons. The third-order valence-electron chi connectivity index (χ3n) is 2.88. The van der Waals surface area contributed by atoms with Crippen LogP contribution >= 0.6 is 0 Å². The quantitative estimate of drug-likeness (QED) is 0.654. The van der Waals surface area contributed by atoms with Crippen LogP contribution < -0.4 is 5.32 Å². The first-order valence-electron chi connectivity index (χ1n) is 5.63. The second-order valence-corrected chi connectivity index (χ2v) is 4.19. The molecule has 1 fully saturated rings. The highest BCUT2D eigenvalue weighted by Gasteiger charge is 2.21. The molecule has 0 bridgehead atoms. The lowest BCUT2D eigenvalue weighted by atomic mass is 10.1. The van der Waals surface area contributed by atoms with Crippen LogP contribution in [0.15, 0.2) is 12.1 Å². The normalized spacial score (nSPS) is 16.8. The van der Waals surface area contributed by atoms with Crippen LogP contribution in [0.1, 0.15) is 5.56 Å². The van der Waals surface area contributed by atoms with Gasteiger partial charge >= 0.3 is 5.69 Å². The van der Waals surface area contributed by atoms with Gasteiger partial charge in [0.15, 0.2) is 5.82 Å². The Hall–Kier alpha value is -1.60. The molecule has 1 aromatic carbocycles. The highest BCUT2D eigenvalue weighted by atomic mass is 19.2. The molecule has 1 N–H and O–H groups in total. The highest BCUT2D eigenvalue weighted by Crippen LogP contribution is 2.22. The fourth-order valence-electron chi connectivity index (χ4n) is 1.98. The zero-order valence-corrected chi connectivity index (χ0v) is 9.66. The Labute approximate surface area is 103 Å². The van der Waals surface area contributed by atoms with Crippen molar-refractivity contribution in [3.8, 4) is 0 Å². The average Bonchev–Trinajstić information content (AvgIpc) is 2.34. The number of nitro benzene ring substituents is 1. The number of nitrogens with zero attached hydrogens (tertiary/aromatic N) is 2. The molecule has 0 aromatic heterocycles. The third-order valence-corrected chi connectivity index (χ3v) is 2.88. The number of benzene rings is 1. The monoisotopic (exact) mass is 257 g/mol. The van der Waals surface area contributed by atoms with Gasteiger partial charge in [0.2, 0.25) is 5.82 Å². The standard InChI is InChI=1S/C11H13F2N3O2/c12-9-5-8(6-10(11(9)13)16(17)18)7-15-3-1-14-2-4-15/h5-6,14H,1-4,7H2. The van der Waals surface area contributed by atoms with Gasteiger partial charge in [0.1, 0.15) is 0 Å². The van der Waals surface area contributed by atoms with Crippen molar-refractivity contribution in [1.29, 1.82) is 0 Å². The zero-order valence-electron chi connectivity index (χ0n) is 9.66. The minimum Gasteiger partial charge on any atom is -0.314 e. The molecule has 7 heteroatoms. The first kappa shape index (κ1) is 12.8. The van der Waals surface area contributed by atoms with Crippen LogP contribution in [0.4, 0.5) is 14.5 Å². The molecule has 0 saturated carbocycles. The van der Waals surface area contributed by atoms with Crippen molar-refractivity contribution in [2.75, 3.05) is 26.2 Å². The van der Waals surface area contributed by atoms with Gasteiger partial charge in [0.25, 0.3) is 0 Å². The lowest BCUT2D eigenvalue weighted by Gasteiger charge is -2.27. The molecule has 18 heavy (non-hydrogen) atoms. The van der Waals surface area contributed by atoms with E-state index in [1.54, 1.807) is 0 Å². The molecule has 0 amide bonds. The largest absolute Gasteiger partial charge is 0.314 e. The van der Waals surface area contributed by atoms with E-state index in [1.807, 2.05) is 4.90 Å². The van der Waals surface area contributed by atoms with Gasteiger partial charge < -0.3 is 5.32 Å². The fraction of sp³-hybridized carbons (Fsp3) is 0.455. The number of halogens is 2. The minimum atomic E-state index is -1.40. The van der Waals surface area contributed by atoms with Crippen molar-refractivity contribution in [2.24, 2.45) is 0 Å². The third kappa shape index (κ3) is 2.80. The molecule has 1 heterocycles. The van der Waals surface area contributed by atoms with Gasteiger partial charge in [-0.15, -0.1) is 0 Å². The first-order chi connectivity index (χ1) is 8.58. The summed E-state index contributed by atoms with van der Waals surface area (Å²) in [7, 11) is 0. The maximum absolute atomic E-state index is 13.2. The molecule has 1 aromatic rings. The van der Waals surface area contributed by atoms with Crippen LogP contribution in [0.5, 0.6) is 0 Å². The van der Waals surface area contributed by atoms with E-state index in [0.717, 1.165) is 38.3 Å². The zero-order chi connectivity index (χ0) is 13.1. The molecule has 0 spiro atoms. The second kappa shape index (κ2) is 5.36. The summed E-state index contributed by atoms with van der Waals surface area (Å²) in [5, 5.41) is 13.8. The molecule has 0 unspecified atom stereocenters. The predicted octanol–water partition coefficient (Wildman–Crippen LogP) is 1.28. The molecule has 1 aliphatic heterocycles. The number of hydrogen-bond acceptors (Lipinski definition) is 4. The Morgan fingerprint density at radius 1 is 1.33 bits per heavy atom. The van der Waals surface area contributed by atoms with E-state index in [9.17, 15) is 18.9 Å². The summed E-state index contributed by atoms with van der Waals surface area (Å²) in [4.78, 5) is 11.7. The van der Waals surface area contributed by atoms with Gasteiger partial charge in [-0.05, 0) is 11.6 Å². The van der Waals surface area contributed by atoms with Crippen molar-refractivity contribution in [2.45, 2.75) is 6.54 Å². The maximum Gasteiger partial charge on any atom is 0.308 e. The molecule has 1 saturated heterocycles. The van der Waals surface area contributed by atoms with E-state index >= 15 is 0 Å². The Morgan fingerprint density at radius 2 is 2.00 bits per heavy atom. The van der Waals surface area contributed by atoms with E-state index in [1.165, 1.54) is 0 Å². The van der Waals surface area contributed by atoms with Crippen molar-refractivity contribution < 1.29 is 13.7 Å². The van der Waals surface area contributed by atoms with Gasteiger partial charge in [0, 0.05) is 38.8 Å². The van der Waals surface area contributed by atoms with Gasteiger partial charge in [-0.25, -0.2) is 4.39 Å². The highest BCUT2D eigenvalue weighted by molar-refractivity contribution is 5.37. The molecular formula is C11H13F2N3O2. The Bertz CT molecular complexity index is 462. The smallest absolute Gasteiger partial charge is 0.308 e. The topological polar surface area (TPSA) is 58.4 Å². The van der Waals surface area contributed by atoms with Crippen LogP contribution in [0.2, 0.25) is 0 Å². The van der Waals surface area contributed by atoms with E-state index in [4.69, 9.17) is 0 Å². The van der Waals surface area contributed by atoms with E-state index in [-0.39, 0.29) is 0 Å². The lowest BCUT2D eigenvalue weighted by Crippen LogP contribution is -2.42. The maximum atomic E-state index is 13.2. The van der Waals surface area contributed by atoms with Crippen LogP contribution in [0.3, 0.4) is 0 Å². The van der Waals surface area contributed by atoms with E-state index < -0.39 is 22.2 Å². The van der Waals surface area contributed by atoms with E-state index in [2.05, 4.69) is 5.32 Å². The molecule has 0 aliphatic carbocycles. The second-order valence-electron chi connectivity index (χ2n) is 4.19. The van der Waals surface area contributed by atoms with Crippen molar-refractivity contribution in [1.82, 2.24) is 10.2 Å². The first-order valence-corrected chi connectivity index (χ1v) is 5.63. The number of hydrogen-bond donors (Lipinski definition) is 1. The number of rotatable bonds is 3. The average molecular weight is 257 g/mol. The minimum absolute atomic E-state index is 0.389. The summed E-state index contributed by atoms with van der Waals surface area (Å²) in [6.45, 7) is 3.61. The fourth-order valence-corrected chi connectivity index (χ4v) is 1.98. The number of nitro groups is 1. The molecule has 1 aliphatic rings. The van der Waals surface area contributed by atoms with Crippen molar-refractivity contribution >= 4 is 5.69 Å². The molecule has 5 nitrogen and oxygen atoms in total. The lowest BCUT2D eigenvalue weighted by molar-refractivity contribution is -0.387. The van der Waals surface area contributed by atoms with Gasteiger partial charge in [-0.2, -0.15) is 4.39 Å². The van der Waals surface area contributed by atoms with Crippen molar-refractivity contribution in [3.05, 3.63) is 39.4 Å². The van der Waals surface area contributed by atoms with E-state index in [0.29, 0.717) is 12.1 Å². The number of piperazine rings is 1. The Morgan fingerprint density at radius 3 is 2.61 bits per heavy atom. The number of nitrogens with one attached hydrogen (secondary N) is 1. The van der Waals surface area contributed by atoms with Crippen LogP contribution in [-0.2, 0) is 6.54 Å². The summed E-state index contributed by atoms with van der Waals surface area (Å²) >= 11 is 0. The molecule has 0 atom stereocenters. The molecular weight excluding hydrogens is 244 g/mol. The molecule has 2 rings (SSSR count). The molecule has 0 radical (unpaired) electrons. The summed E-state index contributed by atoms with van der Waals surface area (Å²) < 4.78 is 26.4. The van der Waals surface area contributed by atoms with Crippen LogP contribution in [0, 0.1) is 21.7 Å². The van der Waals surface area contributed by atoms with Gasteiger partial charge in [-0.3, -0.25) is 15.0 Å². The van der Waals surface area contributed by atoms with Gasteiger partial charge in [0.05, 0.1) is 4.92 Å². The summed E-state index contributed by atoms with van der Waals surface area (Å²) in [6, 6.07) is 2.12. The van der Waals surface area contributed by atoms with Crippen LogP contribution in [0.25, 0.3) is 0 Å². The summed E-state index contributed by atoms with van der Waals surface area (Å²) in [5.74, 6) is -2.57. The summed E-state index contributed by atoms with van der Waals surface area (Å²) in [5.41, 5.74) is -0.386.